The fourth-order valence-corrected chi connectivity index (χ4v) is 1.17. The Morgan fingerprint density at radius 3 is 2.67 bits per heavy atom. The first-order chi connectivity index (χ1) is 7.04. The lowest BCUT2D eigenvalue weighted by molar-refractivity contribution is -0.777. The van der Waals surface area contributed by atoms with E-state index in [0.29, 0.717) is 18.2 Å². The van der Waals surface area contributed by atoms with Crippen LogP contribution in [0.15, 0.2) is 0 Å². The topological polar surface area (TPSA) is 67.8 Å². The van der Waals surface area contributed by atoms with Crippen LogP contribution < -0.4 is 5.26 Å². The van der Waals surface area contributed by atoms with Crippen LogP contribution in [0.25, 0.3) is 0 Å². The summed E-state index contributed by atoms with van der Waals surface area (Å²) in [5, 5.41) is 8.71. The molecule has 0 heterocycles. The third-order valence-electron chi connectivity index (χ3n) is 1.17. The van der Waals surface area contributed by atoms with Crippen LogP contribution >= 0.6 is 28.0 Å². The molecule has 0 aromatic rings. The van der Waals surface area contributed by atoms with E-state index in [1.165, 1.54) is 0 Å². The Labute approximate surface area is 97.2 Å². The van der Waals surface area contributed by atoms with Crippen molar-refractivity contribution >= 4 is 33.9 Å². The SMILES string of the molecule is O=C(OCCCCBr)C(F)(F)SOO[O-]. The highest BCUT2D eigenvalue weighted by atomic mass is 79.9. The summed E-state index contributed by atoms with van der Waals surface area (Å²) in [5.74, 6) is -1.76. The number of carbonyl (C=O) groups excluding carboxylic acids is 1. The summed E-state index contributed by atoms with van der Waals surface area (Å²) in [7, 11) is 0. The van der Waals surface area contributed by atoms with E-state index in [0.717, 1.165) is 0 Å². The van der Waals surface area contributed by atoms with Crippen molar-refractivity contribution in [3.05, 3.63) is 0 Å². The summed E-state index contributed by atoms with van der Waals surface area (Å²) in [6.45, 7) is -0.112. The lowest BCUT2D eigenvalue weighted by Gasteiger charge is -2.13. The van der Waals surface area contributed by atoms with Crippen LogP contribution in [0.3, 0.4) is 0 Å². The minimum Gasteiger partial charge on any atom is -0.691 e. The smallest absolute Gasteiger partial charge is 0.415 e. The summed E-state index contributed by atoms with van der Waals surface area (Å²) in [4.78, 5) is 10.7. The molecule has 0 aliphatic heterocycles. The molecule has 5 nitrogen and oxygen atoms in total. The molecule has 0 rings (SSSR count). The maximum Gasteiger partial charge on any atom is 0.415 e. The standard InChI is InChI=1S/C6H9BrF2O5S/c7-3-1-2-4-12-5(10)6(8,9)15-14-13-11/h11H,1-4H2/p-1. The van der Waals surface area contributed by atoms with Gasteiger partial charge in [0.1, 0.15) is 12.0 Å². The van der Waals surface area contributed by atoms with E-state index >= 15 is 0 Å². The van der Waals surface area contributed by atoms with Gasteiger partial charge in [0.25, 0.3) is 0 Å². The summed E-state index contributed by atoms with van der Waals surface area (Å²) in [6, 6.07) is 0. The summed E-state index contributed by atoms with van der Waals surface area (Å²) in [5.41, 5.74) is 0. The zero-order chi connectivity index (χ0) is 11.7. The molecule has 90 valence electrons. The first-order valence-corrected chi connectivity index (χ1v) is 5.66. The van der Waals surface area contributed by atoms with Gasteiger partial charge in [0.2, 0.25) is 0 Å². The van der Waals surface area contributed by atoms with E-state index in [9.17, 15) is 18.8 Å². The number of esters is 1. The van der Waals surface area contributed by atoms with Crippen molar-refractivity contribution in [1.29, 1.82) is 0 Å². The number of hydrogen-bond donors (Lipinski definition) is 0. The molecular formula is C6H8BrF2O5S-. The van der Waals surface area contributed by atoms with Crippen LogP contribution in [0.5, 0.6) is 0 Å². The Morgan fingerprint density at radius 1 is 1.47 bits per heavy atom. The van der Waals surface area contributed by atoms with E-state index in [-0.39, 0.29) is 6.61 Å². The quantitative estimate of drug-likeness (QED) is 0.167. The fraction of sp³-hybridized carbons (Fsp3) is 0.833. The molecule has 0 aromatic carbocycles. The molecule has 0 amide bonds. The second kappa shape index (κ2) is 8.22. The number of carbonyl (C=O) groups is 1. The van der Waals surface area contributed by atoms with Gasteiger partial charge in [-0.1, -0.05) is 15.9 Å². The van der Waals surface area contributed by atoms with Gasteiger partial charge in [0.05, 0.1) is 6.61 Å². The normalized spacial score (nSPS) is 11.5. The molecule has 0 fully saturated rings. The second-order valence-electron chi connectivity index (χ2n) is 2.27. The number of rotatable bonds is 8. The molecule has 9 heteroatoms. The van der Waals surface area contributed by atoms with Gasteiger partial charge in [-0.05, 0) is 12.8 Å². The van der Waals surface area contributed by atoms with Gasteiger partial charge in [-0.25, -0.2) is 4.79 Å². The number of halogens is 3. The average Bonchev–Trinajstić information content (AvgIpc) is 2.21. The Bertz CT molecular complexity index is 194. The van der Waals surface area contributed by atoms with E-state index in [2.05, 4.69) is 30.0 Å². The van der Waals surface area contributed by atoms with Crippen LogP contribution in [0.1, 0.15) is 12.8 Å². The van der Waals surface area contributed by atoms with Crippen molar-refractivity contribution in [3.63, 3.8) is 0 Å². The summed E-state index contributed by atoms with van der Waals surface area (Å²) >= 11 is 2.43. The van der Waals surface area contributed by atoms with Crippen molar-refractivity contribution < 1.29 is 32.9 Å². The molecule has 0 saturated carbocycles. The molecule has 0 bridgehead atoms. The van der Waals surface area contributed by atoms with E-state index in [4.69, 9.17) is 0 Å². The highest BCUT2D eigenvalue weighted by molar-refractivity contribution is 9.09. The Balaban J connectivity index is 3.75. The van der Waals surface area contributed by atoms with E-state index in [1.54, 1.807) is 0 Å². The van der Waals surface area contributed by atoms with Crippen molar-refractivity contribution in [2.24, 2.45) is 0 Å². The lowest BCUT2D eigenvalue weighted by Crippen LogP contribution is -2.28. The molecule has 0 N–H and O–H groups in total. The highest BCUT2D eigenvalue weighted by Crippen LogP contribution is 2.30. The fourth-order valence-electron chi connectivity index (χ4n) is 0.536. The third kappa shape index (κ3) is 7.01. The molecule has 15 heavy (non-hydrogen) atoms. The van der Waals surface area contributed by atoms with Gasteiger partial charge < -0.3 is 9.99 Å². The van der Waals surface area contributed by atoms with Crippen molar-refractivity contribution in [2.75, 3.05) is 11.9 Å². The minimum absolute atomic E-state index is 0.112. The number of unbranched alkanes of at least 4 members (excludes halogenated alkanes) is 1. The van der Waals surface area contributed by atoms with Gasteiger partial charge in [0, 0.05) is 5.33 Å². The van der Waals surface area contributed by atoms with E-state index < -0.39 is 23.3 Å². The van der Waals surface area contributed by atoms with Gasteiger partial charge in [-0.3, -0.25) is 5.04 Å². The minimum atomic E-state index is -3.95. The second-order valence-corrected chi connectivity index (χ2v) is 3.88. The Morgan fingerprint density at radius 2 is 2.13 bits per heavy atom. The van der Waals surface area contributed by atoms with Crippen molar-refractivity contribution in [1.82, 2.24) is 0 Å². The van der Waals surface area contributed by atoms with Gasteiger partial charge in [0.15, 0.2) is 0 Å². The van der Waals surface area contributed by atoms with Crippen molar-refractivity contribution in [2.45, 2.75) is 18.1 Å². The van der Waals surface area contributed by atoms with Crippen LogP contribution in [-0.4, -0.2) is 23.2 Å². The average molecular weight is 310 g/mol. The maximum atomic E-state index is 12.6. The molecule has 0 saturated heterocycles. The molecule has 0 radical (unpaired) electrons. The Hall–Kier alpha value is 0.0400. The van der Waals surface area contributed by atoms with Crippen LogP contribution in [0, 0.1) is 0 Å². The molecule has 0 aromatic heterocycles. The van der Waals surface area contributed by atoms with Crippen LogP contribution in [-0.2, 0) is 18.9 Å². The zero-order valence-corrected chi connectivity index (χ0v) is 9.81. The number of ether oxygens (including phenoxy) is 1. The maximum absolute atomic E-state index is 12.6. The summed E-state index contributed by atoms with van der Waals surface area (Å²) < 4.78 is 32.9. The predicted octanol–water partition coefficient (Wildman–Crippen LogP) is 1.17. The molecule has 0 unspecified atom stereocenters. The van der Waals surface area contributed by atoms with Gasteiger partial charge in [-0.2, -0.15) is 13.1 Å². The van der Waals surface area contributed by atoms with Gasteiger partial charge in [-0.15, -0.1) is 0 Å². The van der Waals surface area contributed by atoms with Crippen molar-refractivity contribution in [3.8, 4) is 0 Å². The third-order valence-corrected chi connectivity index (χ3v) is 2.23. The molecule has 0 atom stereocenters. The van der Waals surface area contributed by atoms with Crippen LogP contribution in [0.2, 0.25) is 0 Å². The van der Waals surface area contributed by atoms with Gasteiger partial charge >= 0.3 is 11.2 Å². The Kier molecular flexibility index (Phi) is 8.24. The number of hydrogen-bond acceptors (Lipinski definition) is 6. The zero-order valence-electron chi connectivity index (χ0n) is 7.41. The molecule has 0 aliphatic carbocycles. The van der Waals surface area contributed by atoms with Crippen LogP contribution in [0.4, 0.5) is 8.78 Å². The first kappa shape index (κ1) is 15.0. The molecular weight excluding hydrogens is 302 g/mol. The predicted molar refractivity (Wildman–Crippen MR) is 48.7 cm³/mol. The first-order valence-electron chi connectivity index (χ1n) is 3.80. The largest absolute Gasteiger partial charge is 0.691 e. The highest BCUT2D eigenvalue weighted by Gasteiger charge is 2.43. The molecule has 0 spiro atoms. The summed E-state index contributed by atoms with van der Waals surface area (Å²) in [6.07, 6.45) is 1.17. The number of alkyl halides is 3. The van der Waals surface area contributed by atoms with E-state index in [1.807, 2.05) is 0 Å². The molecule has 0 aliphatic rings. The lowest BCUT2D eigenvalue weighted by atomic mass is 10.4. The monoisotopic (exact) mass is 309 g/mol.